The molecule has 0 radical (unpaired) electrons. The molecule has 3 rings (SSSR count). The molecular weight excluding hydrogens is 399 g/mol. The van der Waals surface area contributed by atoms with E-state index in [1.807, 2.05) is 19.9 Å². The SMILES string of the molecule is CCOc1cc2c(cc1NC(=O)[C@@H](C)NS(=O)(=O)c1ccccc1F)O[C@@H](C)C2. The molecule has 1 heterocycles. The molecule has 156 valence electrons. The quantitative estimate of drug-likeness (QED) is 0.716. The van der Waals surface area contributed by atoms with Gasteiger partial charge in [0, 0.05) is 18.1 Å². The monoisotopic (exact) mass is 422 g/mol. The average Bonchev–Trinajstić information content (AvgIpc) is 3.00. The Labute approximate surface area is 169 Å². The molecule has 2 atom stereocenters. The van der Waals surface area contributed by atoms with Gasteiger partial charge >= 0.3 is 0 Å². The third-order valence-corrected chi connectivity index (χ3v) is 5.98. The maximum absolute atomic E-state index is 13.8. The number of benzene rings is 2. The lowest BCUT2D eigenvalue weighted by Crippen LogP contribution is -2.41. The molecule has 2 aromatic rings. The summed E-state index contributed by atoms with van der Waals surface area (Å²) in [5, 5.41) is 2.66. The van der Waals surface area contributed by atoms with Crippen LogP contribution in [0.1, 0.15) is 26.3 Å². The van der Waals surface area contributed by atoms with Gasteiger partial charge in [-0.15, -0.1) is 0 Å². The van der Waals surface area contributed by atoms with Crippen LogP contribution in [0.4, 0.5) is 10.1 Å². The molecule has 0 aliphatic carbocycles. The van der Waals surface area contributed by atoms with Crippen molar-refractivity contribution in [2.75, 3.05) is 11.9 Å². The standard InChI is InChI=1S/C20H23FN2O5S/c1-4-27-18-10-14-9-12(2)28-17(14)11-16(18)22-20(24)13(3)23-29(25,26)19-8-6-5-7-15(19)21/h5-8,10-13,23H,4,9H2,1-3H3,(H,22,24)/t12-,13+/m0/s1. The van der Waals surface area contributed by atoms with Gasteiger partial charge in [0.05, 0.1) is 18.3 Å². The molecule has 1 amide bonds. The molecule has 0 bridgehead atoms. The molecule has 29 heavy (non-hydrogen) atoms. The molecule has 0 saturated heterocycles. The fourth-order valence-corrected chi connectivity index (χ4v) is 4.35. The van der Waals surface area contributed by atoms with Crippen LogP contribution in [0.2, 0.25) is 0 Å². The number of fused-ring (bicyclic) bond motifs is 1. The van der Waals surface area contributed by atoms with E-state index >= 15 is 0 Å². The van der Waals surface area contributed by atoms with Crippen LogP contribution in [-0.4, -0.2) is 33.1 Å². The third-order valence-electron chi connectivity index (χ3n) is 4.41. The van der Waals surface area contributed by atoms with Gasteiger partial charge in [-0.2, -0.15) is 4.72 Å². The number of hydrogen-bond acceptors (Lipinski definition) is 5. The normalized spacial score (nSPS) is 16.6. The summed E-state index contributed by atoms with van der Waals surface area (Å²) in [6.07, 6.45) is 0.764. The maximum Gasteiger partial charge on any atom is 0.244 e. The summed E-state index contributed by atoms with van der Waals surface area (Å²) in [5.41, 5.74) is 1.36. The van der Waals surface area contributed by atoms with Gasteiger partial charge in [0.25, 0.3) is 0 Å². The van der Waals surface area contributed by atoms with Crippen LogP contribution in [0.3, 0.4) is 0 Å². The van der Waals surface area contributed by atoms with Crippen molar-refractivity contribution in [3.63, 3.8) is 0 Å². The molecule has 1 aliphatic heterocycles. The van der Waals surface area contributed by atoms with Crippen LogP contribution in [0.5, 0.6) is 11.5 Å². The van der Waals surface area contributed by atoms with Gasteiger partial charge in [-0.05, 0) is 39.0 Å². The topological polar surface area (TPSA) is 93.7 Å². The van der Waals surface area contributed by atoms with Crippen LogP contribution >= 0.6 is 0 Å². The zero-order valence-electron chi connectivity index (χ0n) is 16.4. The van der Waals surface area contributed by atoms with E-state index in [1.54, 1.807) is 6.07 Å². The number of sulfonamides is 1. The van der Waals surface area contributed by atoms with Crippen molar-refractivity contribution in [1.82, 2.24) is 4.72 Å². The number of hydrogen-bond donors (Lipinski definition) is 2. The molecule has 0 unspecified atom stereocenters. The molecule has 0 saturated carbocycles. The van der Waals surface area contributed by atoms with Gasteiger partial charge in [-0.3, -0.25) is 4.79 Å². The zero-order valence-corrected chi connectivity index (χ0v) is 17.2. The second-order valence-electron chi connectivity index (χ2n) is 6.78. The van der Waals surface area contributed by atoms with E-state index in [9.17, 15) is 17.6 Å². The van der Waals surface area contributed by atoms with E-state index in [0.717, 1.165) is 24.1 Å². The highest BCUT2D eigenvalue weighted by molar-refractivity contribution is 7.89. The second-order valence-corrected chi connectivity index (χ2v) is 8.47. The minimum atomic E-state index is -4.21. The van der Waals surface area contributed by atoms with E-state index < -0.39 is 32.7 Å². The number of amides is 1. The van der Waals surface area contributed by atoms with E-state index in [2.05, 4.69) is 10.0 Å². The Hall–Kier alpha value is -2.65. The molecule has 2 N–H and O–H groups in total. The Balaban J connectivity index is 1.78. The van der Waals surface area contributed by atoms with Gasteiger partial charge in [0.1, 0.15) is 28.3 Å². The minimum Gasteiger partial charge on any atom is -0.492 e. The molecular formula is C20H23FN2O5S. The fourth-order valence-electron chi connectivity index (χ4n) is 3.07. The Bertz CT molecular complexity index is 1030. The highest BCUT2D eigenvalue weighted by atomic mass is 32.2. The van der Waals surface area contributed by atoms with Crippen LogP contribution in [0.25, 0.3) is 0 Å². The first-order chi connectivity index (χ1) is 13.7. The lowest BCUT2D eigenvalue weighted by atomic mass is 10.1. The van der Waals surface area contributed by atoms with E-state index in [0.29, 0.717) is 23.8 Å². The number of carbonyl (C=O) groups is 1. The lowest BCUT2D eigenvalue weighted by Gasteiger charge is -2.17. The molecule has 9 heteroatoms. The summed E-state index contributed by atoms with van der Waals surface area (Å²) in [5.74, 6) is -0.384. The second kappa shape index (κ2) is 8.38. The van der Waals surface area contributed by atoms with Crippen LogP contribution in [0.15, 0.2) is 41.3 Å². The number of carbonyl (C=O) groups excluding carboxylic acids is 1. The highest BCUT2D eigenvalue weighted by Gasteiger charge is 2.27. The van der Waals surface area contributed by atoms with Crippen molar-refractivity contribution in [3.05, 3.63) is 47.8 Å². The summed E-state index contributed by atoms with van der Waals surface area (Å²) in [4.78, 5) is 12.1. The van der Waals surface area contributed by atoms with Crippen molar-refractivity contribution in [1.29, 1.82) is 0 Å². The summed E-state index contributed by atoms with van der Waals surface area (Å²) >= 11 is 0. The van der Waals surface area contributed by atoms with Crippen molar-refractivity contribution in [2.24, 2.45) is 0 Å². The van der Waals surface area contributed by atoms with Gasteiger partial charge in [0.2, 0.25) is 15.9 Å². The molecule has 0 aromatic heterocycles. The van der Waals surface area contributed by atoms with Gasteiger partial charge in [0.15, 0.2) is 0 Å². The van der Waals surface area contributed by atoms with Crippen molar-refractivity contribution < 1.29 is 27.1 Å². The van der Waals surface area contributed by atoms with Crippen LogP contribution in [0, 0.1) is 5.82 Å². The maximum atomic E-state index is 13.8. The number of rotatable bonds is 7. The Morgan fingerprint density at radius 3 is 2.76 bits per heavy atom. The van der Waals surface area contributed by atoms with E-state index in [-0.39, 0.29) is 6.10 Å². The fraction of sp³-hybridized carbons (Fsp3) is 0.350. The zero-order chi connectivity index (χ0) is 21.2. The van der Waals surface area contributed by atoms with E-state index in [1.165, 1.54) is 19.1 Å². The predicted molar refractivity (Wildman–Crippen MR) is 106 cm³/mol. The van der Waals surface area contributed by atoms with Crippen LogP contribution in [-0.2, 0) is 21.2 Å². The number of anilines is 1. The highest BCUT2D eigenvalue weighted by Crippen LogP contribution is 2.38. The van der Waals surface area contributed by atoms with Gasteiger partial charge < -0.3 is 14.8 Å². The van der Waals surface area contributed by atoms with Crippen molar-refractivity contribution in [2.45, 2.75) is 44.2 Å². The minimum absolute atomic E-state index is 0.0249. The van der Waals surface area contributed by atoms with Crippen LogP contribution < -0.4 is 19.5 Å². The largest absolute Gasteiger partial charge is 0.492 e. The molecule has 0 fully saturated rings. The first kappa shape index (κ1) is 21.1. The number of halogens is 1. The Morgan fingerprint density at radius 2 is 2.07 bits per heavy atom. The van der Waals surface area contributed by atoms with Gasteiger partial charge in [-0.25, -0.2) is 12.8 Å². The summed E-state index contributed by atoms with van der Waals surface area (Å²) in [7, 11) is -4.21. The summed E-state index contributed by atoms with van der Waals surface area (Å²) in [6.45, 7) is 5.54. The summed E-state index contributed by atoms with van der Waals surface area (Å²) < 4.78 is 52.1. The van der Waals surface area contributed by atoms with E-state index in [4.69, 9.17) is 9.47 Å². The van der Waals surface area contributed by atoms with Crippen molar-refractivity contribution in [3.8, 4) is 11.5 Å². The molecule has 7 nitrogen and oxygen atoms in total. The van der Waals surface area contributed by atoms with Gasteiger partial charge in [-0.1, -0.05) is 12.1 Å². The smallest absolute Gasteiger partial charge is 0.244 e. The molecule has 1 aliphatic rings. The Morgan fingerprint density at radius 1 is 1.34 bits per heavy atom. The molecule has 2 aromatic carbocycles. The third kappa shape index (κ3) is 4.68. The Kier molecular flexibility index (Phi) is 6.09. The molecule has 0 spiro atoms. The first-order valence-corrected chi connectivity index (χ1v) is 10.7. The number of ether oxygens (including phenoxy) is 2. The average molecular weight is 422 g/mol. The number of nitrogens with one attached hydrogen (secondary N) is 2. The predicted octanol–water partition coefficient (Wildman–Crippen LogP) is 2.85. The lowest BCUT2D eigenvalue weighted by molar-refractivity contribution is -0.117. The van der Waals surface area contributed by atoms with Crippen molar-refractivity contribution >= 4 is 21.6 Å². The first-order valence-electron chi connectivity index (χ1n) is 9.25. The summed E-state index contributed by atoms with van der Waals surface area (Å²) in [6, 6.07) is 7.29.